The van der Waals surface area contributed by atoms with Gasteiger partial charge in [-0.2, -0.15) is 0 Å². The lowest BCUT2D eigenvalue weighted by atomic mass is 10.3. The van der Waals surface area contributed by atoms with Gasteiger partial charge in [0.25, 0.3) is 12.0 Å². The smallest absolute Gasteiger partial charge is 0.278 e. The van der Waals surface area contributed by atoms with Gasteiger partial charge in [-0.25, -0.2) is 8.78 Å². The minimum atomic E-state index is -2.76. The Morgan fingerprint density at radius 2 is 2.00 bits per heavy atom. The van der Waals surface area contributed by atoms with Gasteiger partial charge in [-0.3, -0.25) is 4.79 Å². The van der Waals surface area contributed by atoms with E-state index in [0.717, 1.165) is 6.07 Å². The van der Waals surface area contributed by atoms with Crippen molar-refractivity contribution in [3.63, 3.8) is 0 Å². The summed E-state index contributed by atoms with van der Waals surface area (Å²) in [5.74, 6) is 0. The average Bonchev–Trinajstić information content (AvgIpc) is 1.99. The van der Waals surface area contributed by atoms with Crippen LogP contribution in [0.2, 0.25) is 10.0 Å². The molecular formula is C6H3Cl2F2NO. The summed E-state index contributed by atoms with van der Waals surface area (Å²) in [6.45, 7) is 0. The summed E-state index contributed by atoms with van der Waals surface area (Å²) in [6, 6.07) is 0.927. The Bertz CT molecular complexity index is 350. The number of H-pyrrole nitrogens is 1. The molecule has 0 aliphatic carbocycles. The number of hydrogen-bond acceptors (Lipinski definition) is 1. The lowest BCUT2D eigenvalue weighted by Gasteiger charge is -2.00. The Kier molecular flexibility index (Phi) is 2.69. The zero-order valence-corrected chi connectivity index (χ0v) is 7.09. The first kappa shape index (κ1) is 9.48. The molecule has 1 rings (SSSR count). The van der Waals surface area contributed by atoms with E-state index in [1.165, 1.54) is 0 Å². The number of nitrogens with one attached hydrogen (secondary N) is 1. The molecule has 0 fully saturated rings. The highest BCUT2D eigenvalue weighted by Gasteiger charge is 2.12. The molecule has 2 nitrogen and oxygen atoms in total. The minimum Gasteiger partial charge on any atom is -0.320 e. The number of rotatable bonds is 1. The quantitative estimate of drug-likeness (QED) is 0.765. The van der Waals surface area contributed by atoms with Crippen LogP contribution in [0.25, 0.3) is 0 Å². The zero-order valence-electron chi connectivity index (χ0n) is 5.57. The highest BCUT2D eigenvalue weighted by molar-refractivity contribution is 6.41. The molecule has 66 valence electrons. The molecule has 0 saturated heterocycles. The molecule has 1 heterocycles. The van der Waals surface area contributed by atoms with Crippen molar-refractivity contribution in [1.82, 2.24) is 4.98 Å². The van der Waals surface area contributed by atoms with Gasteiger partial charge in [-0.15, -0.1) is 0 Å². The van der Waals surface area contributed by atoms with Crippen molar-refractivity contribution in [2.75, 3.05) is 0 Å². The van der Waals surface area contributed by atoms with Crippen LogP contribution in [0, 0.1) is 0 Å². The number of halogens is 4. The van der Waals surface area contributed by atoms with E-state index >= 15 is 0 Å². The molecule has 0 aromatic carbocycles. The summed E-state index contributed by atoms with van der Waals surface area (Å²) in [5.41, 5.74) is -1.34. The second-order valence-electron chi connectivity index (χ2n) is 2.02. The van der Waals surface area contributed by atoms with E-state index in [9.17, 15) is 13.6 Å². The molecule has 0 aliphatic rings. The molecule has 0 unspecified atom stereocenters. The van der Waals surface area contributed by atoms with E-state index in [1.54, 1.807) is 0 Å². The average molecular weight is 214 g/mol. The maximum atomic E-state index is 12.0. The van der Waals surface area contributed by atoms with Crippen molar-refractivity contribution in [3.8, 4) is 0 Å². The number of aromatic nitrogens is 1. The Labute approximate surface area is 76.1 Å². The fourth-order valence-electron chi connectivity index (χ4n) is 0.648. The van der Waals surface area contributed by atoms with Crippen LogP contribution in [0.1, 0.15) is 12.1 Å². The summed E-state index contributed by atoms with van der Waals surface area (Å²) in [6.07, 6.45) is -2.76. The van der Waals surface area contributed by atoms with Gasteiger partial charge in [-0.05, 0) is 6.07 Å². The predicted octanol–water partition coefficient (Wildman–Crippen LogP) is 2.62. The van der Waals surface area contributed by atoms with Crippen molar-refractivity contribution in [3.05, 3.63) is 32.2 Å². The largest absolute Gasteiger partial charge is 0.320 e. The third kappa shape index (κ3) is 1.76. The highest BCUT2D eigenvalue weighted by Crippen LogP contribution is 2.22. The first-order chi connectivity index (χ1) is 5.52. The second-order valence-corrected chi connectivity index (χ2v) is 2.80. The Balaban J connectivity index is 3.31. The summed E-state index contributed by atoms with van der Waals surface area (Å²) >= 11 is 10.7. The summed E-state index contributed by atoms with van der Waals surface area (Å²) in [5, 5.41) is -0.447. The molecule has 1 aromatic rings. The van der Waals surface area contributed by atoms with E-state index < -0.39 is 17.7 Å². The van der Waals surface area contributed by atoms with Crippen LogP contribution < -0.4 is 5.56 Å². The van der Waals surface area contributed by atoms with E-state index in [1.807, 2.05) is 4.98 Å². The first-order valence-corrected chi connectivity index (χ1v) is 3.64. The van der Waals surface area contributed by atoms with Crippen LogP contribution >= 0.6 is 23.2 Å². The molecule has 0 bridgehead atoms. The van der Waals surface area contributed by atoms with Crippen LogP contribution in [0.4, 0.5) is 8.78 Å². The Morgan fingerprint density at radius 3 is 2.42 bits per heavy atom. The monoisotopic (exact) mass is 213 g/mol. The van der Waals surface area contributed by atoms with Gasteiger partial charge in [0, 0.05) is 0 Å². The fourth-order valence-corrected chi connectivity index (χ4v) is 0.953. The molecule has 1 N–H and O–H groups in total. The molecule has 0 radical (unpaired) electrons. The lowest BCUT2D eigenvalue weighted by Crippen LogP contribution is -2.09. The number of pyridine rings is 1. The molecule has 0 aliphatic heterocycles. The van der Waals surface area contributed by atoms with Crippen molar-refractivity contribution in [1.29, 1.82) is 0 Å². The lowest BCUT2D eigenvalue weighted by molar-refractivity contribution is 0.146. The van der Waals surface area contributed by atoms with Crippen LogP contribution in [-0.4, -0.2) is 4.98 Å². The highest BCUT2D eigenvalue weighted by atomic mass is 35.5. The standard InChI is InChI=1S/C6H3Cl2F2NO/c7-2-1-3(5(9)10)11-6(12)4(2)8/h1,5H,(H,11,12). The first-order valence-electron chi connectivity index (χ1n) is 2.88. The van der Waals surface area contributed by atoms with Crippen molar-refractivity contribution >= 4 is 23.2 Å². The van der Waals surface area contributed by atoms with Crippen LogP contribution in [0.15, 0.2) is 10.9 Å². The Hall–Kier alpha value is -0.610. The third-order valence-corrected chi connectivity index (χ3v) is 1.95. The molecule has 6 heteroatoms. The van der Waals surface area contributed by atoms with Gasteiger partial charge in [0.15, 0.2) is 0 Å². The van der Waals surface area contributed by atoms with E-state index in [4.69, 9.17) is 23.2 Å². The SMILES string of the molecule is O=c1[nH]c(C(F)F)cc(Cl)c1Cl. The number of aromatic amines is 1. The summed E-state index contributed by atoms with van der Waals surface area (Å²) in [4.78, 5) is 12.7. The van der Waals surface area contributed by atoms with E-state index in [2.05, 4.69) is 0 Å². The maximum Gasteiger partial charge on any atom is 0.278 e. The van der Waals surface area contributed by atoms with Gasteiger partial charge in [0.2, 0.25) is 0 Å². The second kappa shape index (κ2) is 3.41. The van der Waals surface area contributed by atoms with Crippen LogP contribution in [0.5, 0.6) is 0 Å². The normalized spacial score (nSPS) is 10.8. The number of alkyl halides is 2. The van der Waals surface area contributed by atoms with Gasteiger partial charge >= 0.3 is 0 Å². The summed E-state index contributed by atoms with van der Waals surface area (Å²) in [7, 11) is 0. The van der Waals surface area contributed by atoms with Crippen molar-refractivity contribution in [2.24, 2.45) is 0 Å². The van der Waals surface area contributed by atoms with Crippen molar-refractivity contribution in [2.45, 2.75) is 6.43 Å². The van der Waals surface area contributed by atoms with E-state index in [-0.39, 0.29) is 10.0 Å². The number of hydrogen-bond donors (Lipinski definition) is 1. The third-order valence-electron chi connectivity index (χ3n) is 1.18. The van der Waals surface area contributed by atoms with Gasteiger partial charge in [-0.1, -0.05) is 23.2 Å². The molecule has 1 aromatic heterocycles. The minimum absolute atomic E-state index is 0.171. The maximum absolute atomic E-state index is 12.0. The van der Waals surface area contributed by atoms with Gasteiger partial charge in [0.05, 0.1) is 10.7 Å². The van der Waals surface area contributed by atoms with Crippen LogP contribution in [0.3, 0.4) is 0 Å². The fraction of sp³-hybridized carbons (Fsp3) is 0.167. The van der Waals surface area contributed by atoms with Crippen LogP contribution in [-0.2, 0) is 0 Å². The van der Waals surface area contributed by atoms with Crippen molar-refractivity contribution < 1.29 is 8.78 Å². The Morgan fingerprint density at radius 1 is 1.42 bits per heavy atom. The molecule has 0 atom stereocenters. The molecule has 0 spiro atoms. The zero-order chi connectivity index (χ0) is 9.30. The topological polar surface area (TPSA) is 32.9 Å². The molecule has 0 amide bonds. The van der Waals surface area contributed by atoms with E-state index in [0.29, 0.717) is 0 Å². The molecular weight excluding hydrogens is 211 g/mol. The predicted molar refractivity (Wildman–Crippen MR) is 42.0 cm³/mol. The molecule has 0 saturated carbocycles. The van der Waals surface area contributed by atoms with Gasteiger partial charge in [0.1, 0.15) is 5.02 Å². The molecule has 12 heavy (non-hydrogen) atoms. The van der Waals surface area contributed by atoms with Gasteiger partial charge < -0.3 is 4.98 Å². The summed E-state index contributed by atoms with van der Waals surface area (Å²) < 4.78 is 24.0.